The SMILES string of the molecule is O=[N+]([O-])c1nccn1CCOC(=S)S.O=[N+]([O-])c1nccn1CCOC(=S)S.[99Tc+7].[Na+]. The summed E-state index contributed by atoms with van der Waals surface area (Å²) < 4.78 is 12.7. The zero-order valence-corrected chi connectivity index (χ0v) is 22.6. The molecule has 0 atom stereocenters. The summed E-state index contributed by atoms with van der Waals surface area (Å²) in [4.78, 5) is 26.9. The Bertz CT molecular complexity index is 785. The van der Waals surface area contributed by atoms with Gasteiger partial charge in [-0.2, -0.15) is 0 Å². The molecule has 0 aliphatic carbocycles. The minimum Gasteiger partial charge on any atom is -0.475 e. The molecule has 2 aromatic rings. The molecule has 18 heteroatoms. The van der Waals surface area contributed by atoms with Crippen LogP contribution < -0.4 is 29.6 Å². The van der Waals surface area contributed by atoms with E-state index in [-0.39, 0.29) is 83.5 Å². The van der Waals surface area contributed by atoms with E-state index in [1.807, 2.05) is 0 Å². The van der Waals surface area contributed by atoms with Gasteiger partial charge in [-0.15, -0.1) is 0 Å². The van der Waals surface area contributed by atoms with Gasteiger partial charge in [0.2, 0.25) is 8.77 Å². The van der Waals surface area contributed by atoms with Crippen LogP contribution in [0.4, 0.5) is 11.9 Å². The number of hydrogen-bond donors (Lipinski definition) is 2. The van der Waals surface area contributed by atoms with Crippen LogP contribution in [-0.4, -0.2) is 50.9 Å². The van der Waals surface area contributed by atoms with Gasteiger partial charge in [-0.05, 0) is 34.3 Å². The molecule has 0 saturated heterocycles. The molecule has 0 unspecified atom stereocenters. The third kappa shape index (κ3) is 12.3. The Morgan fingerprint density at radius 3 is 1.53 bits per heavy atom. The first-order valence-corrected chi connectivity index (χ1v) is 8.96. The van der Waals surface area contributed by atoms with Crippen molar-refractivity contribution in [3.8, 4) is 0 Å². The quantitative estimate of drug-likeness (QED) is 0.130. The number of imidazole rings is 2. The summed E-state index contributed by atoms with van der Waals surface area (Å²) in [6.07, 6.45) is 5.72. The van der Waals surface area contributed by atoms with E-state index < -0.39 is 9.85 Å². The van der Waals surface area contributed by atoms with Gasteiger partial charge in [-0.25, -0.2) is 9.13 Å². The molecule has 2 rings (SSSR count). The topological polar surface area (TPSA) is 140 Å². The van der Waals surface area contributed by atoms with Gasteiger partial charge >= 0.3 is 61.6 Å². The van der Waals surface area contributed by atoms with Crippen LogP contribution in [0, 0.1) is 20.2 Å². The number of rotatable bonds is 8. The fraction of sp³-hybridized carbons (Fsp3) is 0.333. The van der Waals surface area contributed by atoms with Crippen LogP contribution in [0.3, 0.4) is 0 Å². The van der Waals surface area contributed by atoms with Crippen molar-refractivity contribution in [2.45, 2.75) is 13.1 Å². The third-order valence-corrected chi connectivity index (χ3v) is 3.32. The van der Waals surface area contributed by atoms with Gasteiger partial charge in [0.15, 0.2) is 0 Å². The molecular weight excluding hydrogens is 574 g/mol. The second kappa shape index (κ2) is 17.0. The molecule has 0 radical (unpaired) electrons. The van der Waals surface area contributed by atoms with Crippen molar-refractivity contribution in [3.05, 3.63) is 45.0 Å². The van der Waals surface area contributed by atoms with Crippen LogP contribution in [0.15, 0.2) is 24.8 Å². The van der Waals surface area contributed by atoms with Gasteiger partial charge < -0.3 is 29.7 Å². The zero-order chi connectivity index (χ0) is 21.1. The monoisotopic (exact) mass is 588 g/mol. The predicted molar refractivity (Wildman–Crippen MR) is 113 cm³/mol. The van der Waals surface area contributed by atoms with Gasteiger partial charge in [-0.3, -0.25) is 0 Å². The molecule has 152 valence electrons. The molecule has 0 aliphatic heterocycles. The summed E-state index contributed by atoms with van der Waals surface area (Å²) in [5.74, 6) is -0.419. The number of hydrogen-bond acceptors (Lipinski definition) is 10. The van der Waals surface area contributed by atoms with Crippen molar-refractivity contribution in [3.63, 3.8) is 0 Å². The molecule has 0 saturated carbocycles. The molecule has 0 spiro atoms. The molecule has 0 bridgehead atoms. The molecule has 0 aliphatic rings. The van der Waals surface area contributed by atoms with E-state index in [0.717, 1.165) is 0 Å². The normalized spacial score (nSPS) is 9.13. The van der Waals surface area contributed by atoms with Gasteiger partial charge in [0, 0.05) is 0 Å². The Balaban J connectivity index is 0. The van der Waals surface area contributed by atoms with Gasteiger partial charge in [0.1, 0.15) is 51.1 Å². The van der Waals surface area contributed by atoms with Gasteiger partial charge in [0.05, 0.1) is 0 Å². The average Bonchev–Trinajstić information content (AvgIpc) is 3.24. The Morgan fingerprint density at radius 1 is 0.933 bits per heavy atom. The summed E-state index contributed by atoms with van der Waals surface area (Å²) in [6, 6.07) is 0. The maximum absolute atomic E-state index is 10.4. The number of thiocarbonyl (C=S) groups is 2. The number of nitro groups is 2. The smallest absolute Gasteiger partial charge is 0.475 e. The van der Waals surface area contributed by atoms with Gasteiger partial charge in [0.25, 0.3) is 0 Å². The summed E-state index contributed by atoms with van der Waals surface area (Å²) >= 11 is 16.6. The number of aromatic nitrogens is 4. The van der Waals surface area contributed by atoms with E-state index in [9.17, 15) is 20.2 Å². The first-order chi connectivity index (χ1) is 13.2. The van der Waals surface area contributed by atoms with Crippen LogP contribution in [0.25, 0.3) is 0 Å². The van der Waals surface area contributed by atoms with E-state index >= 15 is 0 Å². The summed E-state index contributed by atoms with van der Waals surface area (Å²) in [6.45, 7) is 1.10. The standard InChI is InChI=1S/2C6H7N3O3S2.Na.Tc/c2*10-9(11)5-7-1-2-8(5)3-4-12-6(13)14;;/h2*1-2H,3-4H2,(H,13,14);;/q;;+1;+7/i;;;1+1. The van der Waals surface area contributed by atoms with Crippen molar-refractivity contribution in [1.82, 2.24) is 19.1 Å². The number of nitrogens with zero attached hydrogens (tertiary/aromatic N) is 6. The molecule has 2 aromatic heterocycles. The van der Waals surface area contributed by atoms with E-state index in [1.165, 1.54) is 33.9 Å². The minimum atomic E-state index is -0.557. The van der Waals surface area contributed by atoms with Crippen LogP contribution in [0.5, 0.6) is 0 Å². The maximum Gasteiger partial charge on any atom is 7.00 e. The van der Waals surface area contributed by atoms with Crippen LogP contribution in [0.2, 0.25) is 0 Å². The first kappa shape index (κ1) is 31.5. The molecule has 30 heavy (non-hydrogen) atoms. The molecule has 2 heterocycles. The molecule has 12 nitrogen and oxygen atoms in total. The van der Waals surface area contributed by atoms with Crippen molar-refractivity contribution >= 4 is 70.4 Å². The Labute approximate surface area is 227 Å². The first-order valence-electron chi connectivity index (χ1n) is 7.24. The molecule has 0 N–H and O–H groups in total. The largest absolute Gasteiger partial charge is 7.00 e. The summed E-state index contributed by atoms with van der Waals surface area (Å²) in [5.41, 5.74) is 0. The van der Waals surface area contributed by atoms with E-state index in [1.54, 1.807) is 0 Å². The molecule has 0 fully saturated rings. The molecule has 0 amide bonds. The van der Waals surface area contributed by atoms with E-state index in [4.69, 9.17) is 9.47 Å². The summed E-state index contributed by atoms with van der Waals surface area (Å²) in [5, 5.41) is 20.8. The predicted octanol–water partition coefficient (Wildman–Crippen LogP) is -0.953. The number of ether oxygens (including phenoxy) is 2. The zero-order valence-electron chi connectivity index (χ0n) is 15.4. The molecule has 0 aromatic carbocycles. The molecular formula is C12H14N6NaO6S4Tc+8. The van der Waals surface area contributed by atoms with Crippen molar-refractivity contribution < 1.29 is 69.0 Å². The maximum atomic E-state index is 10.4. The van der Waals surface area contributed by atoms with E-state index in [0.29, 0.717) is 13.1 Å². The fourth-order valence-corrected chi connectivity index (χ4v) is 2.11. The van der Waals surface area contributed by atoms with Crippen molar-refractivity contribution in [1.29, 1.82) is 0 Å². The number of thiol groups is 2. The van der Waals surface area contributed by atoms with Crippen LogP contribution in [0.1, 0.15) is 0 Å². The Hall–Kier alpha value is -0.651. The van der Waals surface area contributed by atoms with Crippen molar-refractivity contribution in [2.24, 2.45) is 0 Å². The van der Waals surface area contributed by atoms with E-state index in [2.05, 4.69) is 59.7 Å². The van der Waals surface area contributed by atoms with Gasteiger partial charge in [-0.1, -0.05) is 35.2 Å². The Kier molecular flexibility index (Phi) is 17.8. The van der Waals surface area contributed by atoms with Crippen molar-refractivity contribution in [2.75, 3.05) is 13.2 Å². The second-order valence-corrected chi connectivity index (χ2v) is 6.74. The fourth-order valence-electron chi connectivity index (χ4n) is 1.76. The minimum absolute atomic E-state index is 0. The Morgan fingerprint density at radius 2 is 1.27 bits per heavy atom. The summed E-state index contributed by atoms with van der Waals surface area (Å²) in [7, 11) is 0. The van der Waals surface area contributed by atoms with Crippen LogP contribution >= 0.6 is 49.7 Å². The second-order valence-electron chi connectivity index (χ2n) is 4.58. The average molecular weight is 588 g/mol. The third-order valence-electron chi connectivity index (χ3n) is 2.83. The van der Waals surface area contributed by atoms with Crippen LogP contribution in [-0.2, 0) is 42.7 Å².